The van der Waals surface area contributed by atoms with Crippen molar-refractivity contribution in [2.45, 2.75) is 115 Å². The normalized spacial score (nSPS) is 11.6. The molecule has 0 aliphatic carbocycles. The second kappa shape index (κ2) is 23.8. The minimum atomic E-state index is -0.823. The van der Waals surface area contributed by atoms with Crippen molar-refractivity contribution in [3.8, 4) is 23.9 Å². The highest BCUT2D eigenvalue weighted by Gasteiger charge is 2.38. The van der Waals surface area contributed by atoms with E-state index in [2.05, 4.69) is 104 Å². The summed E-state index contributed by atoms with van der Waals surface area (Å²) < 4.78 is 19.1. The zero-order valence-electron chi connectivity index (χ0n) is 28.5. The molecule has 0 heterocycles. The highest BCUT2D eigenvalue weighted by Crippen LogP contribution is 2.40. The van der Waals surface area contributed by atoms with Crippen LogP contribution in [0.3, 0.4) is 0 Å². The lowest BCUT2D eigenvalue weighted by atomic mass is 9.80. The highest BCUT2D eigenvalue weighted by molar-refractivity contribution is 5.47. The standard InChI is InChI=1S/C43H56O3/c1-3-5-7-8-9-10-11-12-13-14-15-16-17-28-35-44-37-42(45-36-27-6-4-2)38-46-43(39-29-21-18-22-30-39,40-31-23-19-24-32-40)41-33-25-20-26-34-41/h18-26,29-34,42H,3,5,7-17,28,35,37-38H2,1-2H3. The third-order valence-electron chi connectivity index (χ3n) is 8.44. The summed E-state index contributed by atoms with van der Waals surface area (Å²) in [5.74, 6) is 8.33. The third-order valence-corrected chi connectivity index (χ3v) is 8.44. The number of benzene rings is 3. The molecule has 3 rings (SSSR count). The van der Waals surface area contributed by atoms with Gasteiger partial charge in [-0.1, -0.05) is 187 Å². The van der Waals surface area contributed by atoms with Crippen LogP contribution in [0.25, 0.3) is 0 Å². The number of ether oxygens (including phenoxy) is 3. The van der Waals surface area contributed by atoms with Gasteiger partial charge in [-0.3, -0.25) is 0 Å². The van der Waals surface area contributed by atoms with Gasteiger partial charge in [-0.25, -0.2) is 0 Å². The summed E-state index contributed by atoms with van der Waals surface area (Å²) >= 11 is 0. The van der Waals surface area contributed by atoms with E-state index in [1.54, 1.807) is 6.92 Å². The van der Waals surface area contributed by atoms with Crippen LogP contribution in [0.15, 0.2) is 91.0 Å². The molecule has 3 aromatic rings. The van der Waals surface area contributed by atoms with Crippen molar-refractivity contribution in [2.75, 3.05) is 19.8 Å². The van der Waals surface area contributed by atoms with Gasteiger partial charge in [0.25, 0.3) is 0 Å². The highest BCUT2D eigenvalue weighted by atomic mass is 16.6. The van der Waals surface area contributed by atoms with Crippen molar-refractivity contribution < 1.29 is 14.2 Å². The number of hydrogen-bond acceptors (Lipinski definition) is 3. The molecule has 3 nitrogen and oxygen atoms in total. The van der Waals surface area contributed by atoms with Gasteiger partial charge in [0.1, 0.15) is 11.7 Å². The van der Waals surface area contributed by atoms with Crippen LogP contribution in [0.1, 0.15) is 120 Å². The predicted octanol–water partition coefficient (Wildman–Crippen LogP) is 10.9. The van der Waals surface area contributed by atoms with Crippen LogP contribution < -0.4 is 0 Å². The molecule has 1 atom stereocenters. The van der Waals surface area contributed by atoms with Crippen LogP contribution in [0.5, 0.6) is 0 Å². The molecule has 0 aliphatic heterocycles. The Labute approximate surface area is 280 Å². The molecule has 0 saturated carbocycles. The fourth-order valence-electron chi connectivity index (χ4n) is 5.92. The quantitative estimate of drug-likeness (QED) is 0.0566. The third kappa shape index (κ3) is 13.5. The Morgan fingerprint density at radius 2 is 0.978 bits per heavy atom. The molecule has 246 valence electrons. The van der Waals surface area contributed by atoms with Crippen molar-refractivity contribution in [2.24, 2.45) is 0 Å². The number of hydrogen-bond donors (Lipinski definition) is 0. The second-order valence-electron chi connectivity index (χ2n) is 12.1. The number of rotatable bonds is 24. The van der Waals surface area contributed by atoms with Crippen LogP contribution in [-0.2, 0) is 19.8 Å². The van der Waals surface area contributed by atoms with Gasteiger partial charge in [-0.2, -0.15) is 0 Å². The molecule has 1 unspecified atom stereocenters. The molecular weight excluding hydrogens is 564 g/mol. The summed E-state index contributed by atoms with van der Waals surface area (Å²) in [6.45, 7) is 5.46. The molecule has 0 spiro atoms. The van der Waals surface area contributed by atoms with Crippen LogP contribution >= 0.6 is 0 Å². The molecule has 0 N–H and O–H groups in total. The van der Waals surface area contributed by atoms with Gasteiger partial charge in [0.05, 0.1) is 13.2 Å². The molecule has 0 saturated heterocycles. The summed E-state index contributed by atoms with van der Waals surface area (Å²) in [6, 6.07) is 31.2. The van der Waals surface area contributed by atoms with Crippen LogP contribution in [0.2, 0.25) is 0 Å². The van der Waals surface area contributed by atoms with Gasteiger partial charge in [0.15, 0.2) is 6.10 Å². The van der Waals surface area contributed by atoms with Crippen LogP contribution in [0, 0.1) is 23.9 Å². The topological polar surface area (TPSA) is 27.7 Å². The largest absolute Gasteiger partial charge is 0.438 e. The minimum Gasteiger partial charge on any atom is -0.438 e. The van der Waals surface area contributed by atoms with Gasteiger partial charge in [0.2, 0.25) is 0 Å². The Morgan fingerprint density at radius 3 is 1.41 bits per heavy atom. The summed E-state index contributed by atoms with van der Waals surface area (Å²) in [6.07, 6.45) is 21.2. The molecule has 0 fully saturated rings. The van der Waals surface area contributed by atoms with E-state index in [9.17, 15) is 0 Å². The van der Waals surface area contributed by atoms with Gasteiger partial charge < -0.3 is 14.2 Å². The monoisotopic (exact) mass is 620 g/mol. The van der Waals surface area contributed by atoms with E-state index in [1.807, 2.05) is 18.2 Å². The van der Waals surface area contributed by atoms with Crippen molar-refractivity contribution in [3.05, 3.63) is 108 Å². The van der Waals surface area contributed by atoms with E-state index in [1.165, 1.54) is 83.5 Å². The average molecular weight is 621 g/mol. The first-order valence-electron chi connectivity index (χ1n) is 17.8. The zero-order chi connectivity index (χ0) is 32.4. The Hall–Kier alpha value is -3.50. The molecule has 0 bridgehead atoms. The Bertz CT molecular complexity index is 1180. The summed E-state index contributed by atoms with van der Waals surface area (Å²) in [4.78, 5) is 0. The SMILES string of the molecule is CC#CC#COC(COCCCCCCCCCCCCCCCC)COC(c1ccccc1)(c1ccccc1)c1ccccc1. The molecule has 0 amide bonds. The second-order valence-corrected chi connectivity index (χ2v) is 12.1. The Balaban J connectivity index is 1.51. The maximum absolute atomic E-state index is 6.98. The maximum Gasteiger partial charge on any atom is 0.157 e. The molecule has 3 heteroatoms. The van der Waals surface area contributed by atoms with E-state index >= 15 is 0 Å². The van der Waals surface area contributed by atoms with Crippen molar-refractivity contribution in [3.63, 3.8) is 0 Å². The van der Waals surface area contributed by atoms with Crippen molar-refractivity contribution in [1.29, 1.82) is 0 Å². The van der Waals surface area contributed by atoms with Gasteiger partial charge in [-0.15, -0.1) is 0 Å². The molecule has 0 radical (unpaired) electrons. The summed E-state index contributed by atoms with van der Waals surface area (Å²) in [7, 11) is 0. The van der Waals surface area contributed by atoms with Crippen LogP contribution in [0.4, 0.5) is 0 Å². The summed E-state index contributed by atoms with van der Waals surface area (Å²) in [5, 5.41) is 0. The van der Waals surface area contributed by atoms with Crippen molar-refractivity contribution >= 4 is 0 Å². The van der Waals surface area contributed by atoms with E-state index in [-0.39, 0.29) is 6.10 Å². The first-order chi connectivity index (χ1) is 22.8. The molecular formula is C43H56O3. The fourth-order valence-corrected chi connectivity index (χ4v) is 5.92. The number of unbranched alkanes of at least 4 members (excludes halogenated alkanes) is 13. The Kier molecular flexibility index (Phi) is 19.1. The molecule has 0 aromatic heterocycles. The first-order valence-corrected chi connectivity index (χ1v) is 17.8. The van der Waals surface area contributed by atoms with Crippen LogP contribution in [-0.4, -0.2) is 25.9 Å². The van der Waals surface area contributed by atoms with Gasteiger partial charge in [0, 0.05) is 12.5 Å². The molecule has 3 aromatic carbocycles. The van der Waals surface area contributed by atoms with E-state index < -0.39 is 5.60 Å². The lowest BCUT2D eigenvalue weighted by Gasteiger charge is -2.36. The fraction of sp³-hybridized carbons (Fsp3) is 0.488. The molecule has 46 heavy (non-hydrogen) atoms. The lowest BCUT2D eigenvalue weighted by Crippen LogP contribution is -2.37. The maximum atomic E-state index is 6.98. The van der Waals surface area contributed by atoms with Gasteiger partial charge in [-0.05, 0) is 36.0 Å². The predicted molar refractivity (Wildman–Crippen MR) is 192 cm³/mol. The average Bonchev–Trinajstić information content (AvgIpc) is 3.11. The zero-order valence-corrected chi connectivity index (χ0v) is 28.5. The van der Waals surface area contributed by atoms with E-state index in [0.29, 0.717) is 19.8 Å². The Morgan fingerprint density at radius 1 is 0.543 bits per heavy atom. The minimum absolute atomic E-state index is 0.297. The van der Waals surface area contributed by atoms with E-state index in [4.69, 9.17) is 14.2 Å². The van der Waals surface area contributed by atoms with Gasteiger partial charge >= 0.3 is 0 Å². The molecule has 0 aliphatic rings. The summed E-state index contributed by atoms with van der Waals surface area (Å²) in [5.41, 5.74) is 2.34. The lowest BCUT2D eigenvalue weighted by molar-refractivity contribution is -0.0637. The van der Waals surface area contributed by atoms with Crippen molar-refractivity contribution in [1.82, 2.24) is 0 Å². The van der Waals surface area contributed by atoms with E-state index in [0.717, 1.165) is 23.1 Å². The smallest absolute Gasteiger partial charge is 0.157 e. The first kappa shape index (κ1) is 37.0.